The molecular formula is C13H24N2O3. The Morgan fingerprint density at radius 3 is 2.28 bits per heavy atom. The summed E-state index contributed by atoms with van der Waals surface area (Å²) in [4.78, 5) is 24.4. The van der Waals surface area contributed by atoms with E-state index in [9.17, 15) is 9.59 Å². The smallest absolute Gasteiger partial charge is 0.317 e. The summed E-state index contributed by atoms with van der Waals surface area (Å²) in [5, 5.41) is 11.8. The number of carbonyl (C=O) groups is 2. The van der Waals surface area contributed by atoms with Gasteiger partial charge in [0.1, 0.15) is 0 Å². The van der Waals surface area contributed by atoms with E-state index in [1.807, 2.05) is 0 Å². The van der Waals surface area contributed by atoms with Crippen LogP contribution in [-0.4, -0.2) is 41.6 Å². The highest BCUT2D eigenvalue weighted by atomic mass is 16.4. The predicted octanol–water partition coefficient (Wildman–Crippen LogP) is 1.78. The molecule has 18 heavy (non-hydrogen) atoms. The molecule has 1 heterocycles. The van der Waals surface area contributed by atoms with Crippen LogP contribution in [0.5, 0.6) is 0 Å². The third kappa shape index (κ3) is 4.20. The van der Waals surface area contributed by atoms with Crippen molar-refractivity contribution >= 4 is 12.0 Å². The molecule has 1 atom stereocenters. The summed E-state index contributed by atoms with van der Waals surface area (Å²) in [6.07, 6.45) is 1.12. The van der Waals surface area contributed by atoms with Crippen LogP contribution in [0.2, 0.25) is 0 Å². The highest BCUT2D eigenvalue weighted by Gasteiger charge is 2.26. The monoisotopic (exact) mass is 256 g/mol. The Morgan fingerprint density at radius 1 is 1.28 bits per heavy atom. The third-order valence-electron chi connectivity index (χ3n) is 3.84. The Hall–Kier alpha value is -1.26. The minimum absolute atomic E-state index is 0.0636. The van der Waals surface area contributed by atoms with Gasteiger partial charge in [-0.15, -0.1) is 0 Å². The highest BCUT2D eigenvalue weighted by Crippen LogP contribution is 2.17. The van der Waals surface area contributed by atoms with Gasteiger partial charge in [-0.2, -0.15) is 0 Å². The maximum Gasteiger partial charge on any atom is 0.317 e. The molecule has 0 spiro atoms. The first-order valence-electron chi connectivity index (χ1n) is 6.67. The second kappa shape index (κ2) is 6.61. The van der Waals surface area contributed by atoms with Crippen LogP contribution in [0.25, 0.3) is 0 Å². The molecule has 5 nitrogen and oxygen atoms in total. The van der Waals surface area contributed by atoms with E-state index < -0.39 is 5.97 Å². The Kier molecular flexibility index (Phi) is 5.44. The summed E-state index contributed by atoms with van der Waals surface area (Å²) in [6.45, 7) is 8.14. The molecule has 104 valence electrons. The second-order valence-electron chi connectivity index (χ2n) is 5.51. The first kappa shape index (κ1) is 14.8. The molecular weight excluding hydrogens is 232 g/mol. The van der Waals surface area contributed by atoms with Crippen molar-refractivity contribution < 1.29 is 14.7 Å². The number of carboxylic acid groups (broad SMARTS) is 1. The summed E-state index contributed by atoms with van der Waals surface area (Å²) < 4.78 is 0. The summed E-state index contributed by atoms with van der Waals surface area (Å²) in [5.41, 5.74) is 0. The van der Waals surface area contributed by atoms with Crippen molar-refractivity contribution in [2.45, 2.75) is 33.6 Å². The van der Waals surface area contributed by atoms with Crippen molar-refractivity contribution in [2.24, 2.45) is 17.8 Å². The molecule has 0 saturated carbocycles. The number of urea groups is 1. The Balaban J connectivity index is 2.30. The van der Waals surface area contributed by atoms with Gasteiger partial charge in [-0.1, -0.05) is 20.8 Å². The van der Waals surface area contributed by atoms with E-state index in [4.69, 9.17) is 5.11 Å². The number of nitrogens with zero attached hydrogens (tertiary/aromatic N) is 1. The van der Waals surface area contributed by atoms with E-state index >= 15 is 0 Å². The van der Waals surface area contributed by atoms with Crippen molar-refractivity contribution in [2.75, 3.05) is 19.6 Å². The summed E-state index contributed by atoms with van der Waals surface area (Å²) >= 11 is 0. The van der Waals surface area contributed by atoms with Gasteiger partial charge in [0.2, 0.25) is 0 Å². The van der Waals surface area contributed by atoms with Gasteiger partial charge in [0.15, 0.2) is 0 Å². The van der Waals surface area contributed by atoms with Gasteiger partial charge in [0.25, 0.3) is 0 Å². The molecule has 1 aliphatic rings. The number of carbonyl (C=O) groups excluding carboxylic acids is 1. The SMILES string of the molecule is CC(C)C(C)CNC(=O)N1CCC(C(=O)O)CC1. The van der Waals surface area contributed by atoms with Gasteiger partial charge < -0.3 is 15.3 Å². The minimum atomic E-state index is -0.747. The molecule has 5 heteroatoms. The normalized spacial score (nSPS) is 18.8. The molecule has 1 unspecified atom stereocenters. The molecule has 0 aromatic rings. The molecule has 1 saturated heterocycles. The fourth-order valence-electron chi connectivity index (χ4n) is 1.93. The Morgan fingerprint density at radius 2 is 1.83 bits per heavy atom. The first-order chi connectivity index (χ1) is 8.41. The fourth-order valence-corrected chi connectivity index (χ4v) is 1.93. The van der Waals surface area contributed by atoms with Crippen LogP contribution < -0.4 is 5.32 Å². The standard InChI is InChI=1S/C13H24N2O3/c1-9(2)10(3)8-14-13(18)15-6-4-11(5-7-15)12(16)17/h9-11H,4-8H2,1-3H3,(H,14,18)(H,16,17). The zero-order valence-electron chi connectivity index (χ0n) is 11.5. The van der Waals surface area contributed by atoms with Crippen molar-refractivity contribution in [3.05, 3.63) is 0 Å². The van der Waals surface area contributed by atoms with E-state index in [0.29, 0.717) is 44.3 Å². The van der Waals surface area contributed by atoms with Crippen LogP contribution in [0, 0.1) is 17.8 Å². The maximum absolute atomic E-state index is 11.9. The second-order valence-corrected chi connectivity index (χ2v) is 5.51. The highest BCUT2D eigenvalue weighted by molar-refractivity contribution is 5.75. The summed E-state index contributed by atoms with van der Waals surface area (Å²) in [7, 11) is 0. The number of aliphatic carboxylic acids is 1. The van der Waals surface area contributed by atoms with Gasteiger partial charge in [-0.3, -0.25) is 4.79 Å². The predicted molar refractivity (Wildman–Crippen MR) is 69.3 cm³/mol. The molecule has 0 bridgehead atoms. The van der Waals surface area contributed by atoms with E-state index in [-0.39, 0.29) is 11.9 Å². The first-order valence-corrected chi connectivity index (χ1v) is 6.67. The zero-order valence-corrected chi connectivity index (χ0v) is 11.5. The zero-order chi connectivity index (χ0) is 13.7. The molecule has 1 aliphatic heterocycles. The van der Waals surface area contributed by atoms with Gasteiger partial charge in [-0.05, 0) is 24.7 Å². The number of piperidine rings is 1. The number of nitrogens with one attached hydrogen (secondary N) is 1. The lowest BCUT2D eigenvalue weighted by Gasteiger charge is -2.30. The number of amides is 2. The number of likely N-dealkylation sites (tertiary alicyclic amines) is 1. The van der Waals surface area contributed by atoms with Crippen molar-refractivity contribution in [3.63, 3.8) is 0 Å². The number of hydrogen-bond acceptors (Lipinski definition) is 2. The van der Waals surface area contributed by atoms with Crippen LogP contribution in [0.4, 0.5) is 4.79 Å². The molecule has 1 rings (SSSR count). The van der Waals surface area contributed by atoms with Crippen molar-refractivity contribution in [1.29, 1.82) is 0 Å². The number of rotatable bonds is 4. The quantitative estimate of drug-likeness (QED) is 0.805. The van der Waals surface area contributed by atoms with Crippen LogP contribution >= 0.6 is 0 Å². The molecule has 0 aromatic carbocycles. The fraction of sp³-hybridized carbons (Fsp3) is 0.846. The average Bonchev–Trinajstić information content (AvgIpc) is 2.35. The van der Waals surface area contributed by atoms with Gasteiger partial charge in [-0.25, -0.2) is 4.79 Å². The van der Waals surface area contributed by atoms with E-state index in [1.165, 1.54) is 0 Å². The van der Waals surface area contributed by atoms with Crippen molar-refractivity contribution in [3.8, 4) is 0 Å². The summed E-state index contributed by atoms with van der Waals surface area (Å²) in [5.74, 6) is -0.0410. The molecule has 1 fully saturated rings. The molecule has 0 aromatic heterocycles. The lowest BCUT2D eigenvalue weighted by molar-refractivity contribution is -0.143. The third-order valence-corrected chi connectivity index (χ3v) is 3.84. The largest absolute Gasteiger partial charge is 0.481 e. The van der Waals surface area contributed by atoms with Crippen molar-refractivity contribution in [1.82, 2.24) is 10.2 Å². The maximum atomic E-state index is 11.9. The lowest BCUT2D eigenvalue weighted by atomic mass is 9.97. The van der Waals surface area contributed by atoms with Crippen LogP contribution in [0.15, 0.2) is 0 Å². The van der Waals surface area contributed by atoms with E-state index in [2.05, 4.69) is 26.1 Å². The van der Waals surface area contributed by atoms with Crippen LogP contribution in [0.1, 0.15) is 33.6 Å². The van der Waals surface area contributed by atoms with E-state index in [0.717, 1.165) is 0 Å². The van der Waals surface area contributed by atoms with E-state index in [1.54, 1.807) is 4.90 Å². The Labute approximate surface area is 109 Å². The topological polar surface area (TPSA) is 69.6 Å². The number of hydrogen-bond donors (Lipinski definition) is 2. The van der Waals surface area contributed by atoms with Gasteiger partial charge in [0.05, 0.1) is 5.92 Å². The van der Waals surface area contributed by atoms with Gasteiger partial charge >= 0.3 is 12.0 Å². The number of carboxylic acids is 1. The average molecular weight is 256 g/mol. The Bertz CT molecular complexity index is 297. The van der Waals surface area contributed by atoms with Crippen LogP contribution in [-0.2, 0) is 4.79 Å². The van der Waals surface area contributed by atoms with Gasteiger partial charge in [0, 0.05) is 19.6 Å². The minimum Gasteiger partial charge on any atom is -0.481 e. The molecule has 0 aliphatic carbocycles. The molecule has 2 amide bonds. The molecule has 2 N–H and O–H groups in total. The van der Waals surface area contributed by atoms with Crippen LogP contribution in [0.3, 0.4) is 0 Å². The summed E-state index contributed by atoms with van der Waals surface area (Å²) in [6, 6.07) is -0.0636. The lowest BCUT2D eigenvalue weighted by Crippen LogP contribution is -2.46. The molecule has 0 radical (unpaired) electrons.